The van der Waals surface area contributed by atoms with Gasteiger partial charge >= 0.3 is 0 Å². The highest BCUT2D eigenvalue weighted by Gasteiger charge is 2.08. The summed E-state index contributed by atoms with van der Waals surface area (Å²) in [6.07, 6.45) is 3.22. The van der Waals surface area contributed by atoms with E-state index >= 15 is 0 Å². The molecule has 18 heavy (non-hydrogen) atoms. The van der Waals surface area contributed by atoms with Gasteiger partial charge in [0.2, 0.25) is 0 Å². The molecule has 1 heterocycles. The number of hydrogen-bond acceptors (Lipinski definition) is 1. The van der Waals surface area contributed by atoms with Crippen molar-refractivity contribution in [3.05, 3.63) is 35.5 Å². The zero-order valence-electron chi connectivity index (χ0n) is 11.3. The van der Waals surface area contributed by atoms with E-state index in [1.807, 2.05) is 12.1 Å². The van der Waals surface area contributed by atoms with Crippen LogP contribution in [0.4, 0.5) is 0 Å². The molecule has 0 fully saturated rings. The van der Waals surface area contributed by atoms with Crippen LogP contribution < -0.4 is 5.32 Å². The molecule has 2 nitrogen and oxygen atoms in total. The van der Waals surface area contributed by atoms with Crippen LogP contribution in [0.15, 0.2) is 30.5 Å². The maximum absolute atomic E-state index is 6.25. The molecule has 0 unspecified atom stereocenters. The summed E-state index contributed by atoms with van der Waals surface area (Å²) in [4.78, 5) is 0. The van der Waals surface area contributed by atoms with E-state index in [1.165, 1.54) is 5.39 Å². The standard InChI is InChI=1S/C15H21ClN2/c1-15(2,3)17-9-5-10-18-11-8-12-6-4-7-13(16)14(12)18/h4,6-8,11,17H,5,9-10H2,1-3H3. The molecule has 98 valence electrons. The van der Waals surface area contributed by atoms with Gasteiger partial charge in [-0.3, -0.25) is 0 Å². The molecule has 2 rings (SSSR count). The van der Waals surface area contributed by atoms with Gasteiger partial charge in [0.25, 0.3) is 0 Å². The fourth-order valence-electron chi connectivity index (χ4n) is 2.11. The van der Waals surface area contributed by atoms with Crippen LogP contribution in [0, 0.1) is 0 Å². The SMILES string of the molecule is CC(C)(C)NCCCn1ccc2cccc(Cl)c21. The van der Waals surface area contributed by atoms with Gasteiger partial charge in [-0.25, -0.2) is 0 Å². The molecule has 0 amide bonds. The molecule has 0 spiro atoms. The third-order valence-electron chi connectivity index (χ3n) is 2.97. The molecule has 2 aromatic rings. The number of benzene rings is 1. The highest BCUT2D eigenvalue weighted by molar-refractivity contribution is 6.35. The predicted molar refractivity (Wildman–Crippen MR) is 79.3 cm³/mol. The number of nitrogens with one attached hydrogen (secondary N) is 1. The fraction of sp³-hybridized carbons (Fsp3) is 0.467. The Kier molecular flexibility index (Phi) is 3.98. The van der Waals surface area contributed by atoms with Gasteiger partial charge in [0.1, 0.15) is 0 Å². The summed E-state index contributed by atoms with van der Waals surface area (Å²) in [6, 6.07) is 8.17. The maximum atomic E-state index is 6.25. The third-order valence-corrected chi connectivity index (χ3v) is 3.28. The zero-order chi connectivity index (χ0) is 13.2. The first-order valence-electron chi connectivity index (χ1n) is 6.46. The molecule has 0 aliphatic carbocycles. The lowest BCUT2D eigenvalue weighted by Gasteiger charge is -2.20. The topological polar surface area (TPSA) is 17.0 Å². The summed E-state index contributed by atoms with van der Waals surface area (Å²) in [5, 5.41) is 5.55. The van der Waals surface area contributed by atoms with Crippen molar-refractivity contribution in [3.63, 3.8) is 0 Å². The Morgan fingerprint density at radius 1 is 1.22 bits per heavy atom. The van der Waals surface area contributed by atoms with Crippen LogP contribution >= 0.6 is 11.6 Å². The summed E-state index contributed by atoms with van der Waals surface area (Å²) in [5.41, 5.74) is 1.34. The average Bonchev–Trinajstić information content (AvgIpc) is 2.68. The number of aromatic nitrogens is 1. The van der Waals surface area contributed by atoms with E-state index in [-0.39, 0.29) is 5.54 Å². The van der Waals surface area contributed by atoms with Crippen molar-refractivity contribution < 1.29 is 0 Å². The number of halogens is 1. The van der Waals surface area contributed by atoms with Crippen molar-refractivity contribution in [2.24, 2.45) is 0 Å². The Bertz CT molecular complexity index is 523. The molecular weight excluding hydrogens is 244 g/mol. The van der Waals surface area contributed by atoms with E-state index in [0.29, 0.717) is 0 Å². The average molecular weight is 265 g/mol. The summed E-state index contributed by atoms with van der Waals surface area (Å²) in [6.45, 7) is 8.59. The Labute approximate surface area is 114 Å². The van der Waals surface area contributed by atoms with Crippen molar-refractivity contribution in [3.8, 4) is 0 Å². The zero-order valence-corrected chi connectivity index (χ0v) is 12.1. The predicted octanol–water partition coefficient (Wildman–Crippen LogP) is 4.07. The fourth-order valence-corrected chi connectivity index (χ4v) is 2.40. The van der Waals surface area contributed by atoms with Crippen LogP contribution in [0.3, 0.4) is 0 Å². The van der Waals surface area contributed by atoms with Gasteiger partial charge in [-0.2, -0.15) is 0 Å². The van der Waals surface area contributed by atoms with Gasteiger partial charge in [-0.15, -0.1) is 0 Å². The monoisotopic (exact) mass is 264 g/mol. The number of rotatable bonds is 4. The minimum atomic E-state index is 0.191. The minimum Gasteiger partial charge on any atom is -0.346 e. The summed E-state index contributed by atoms with van der Waals surface area (Å²) < 4.78 is 2.24. The van der Waals surface area contributed by atoms with Gasteiger partial charge in [-0.05, 0) is 45.9 Å². The van der Waals surface area contributed by atoms with Crippen molar-refractivity contribution in [2.75, 3.05) is 6.54 Å². The second-order valence-corrected chi connectivity index (χ2v) is 6.12. The van der Waals surface area contributed by atoms with Gasteiger partial charge in [0.15, 0.2) is 0 Å². The van der Waals surface area contributed by atoms with E-state index in [0.717, 1.165) is 30.0 Å². The number of nitrogens with zero attached hydrogens (tertiary/aromatic N) is 1. The van der Waals surface area contributed by atoms with Crippen molar-refractivity contribution >= 4 is 22.5 Å². The largest absolute Gasteiger partial charge is 0.346 e. The molecule has 0 bridgehead atoms. The highest BCUT2D eigenvalue weighted by Crippen LogP contribution is 2.24. The molecule has 0 saturated carbocycles. The van der Waals surface area contributed by atoms with Crippen LogP contribution in [0.2, 0.25) is 5.02 Å². The molecule has 1 N–H and O–H groups in total. The number of aryl methyl sites for hydroxylation is 1. The Morgan fingerprint density at radius 3 is 2.72 bits per heavy atom. The summed E-state index contributed by atoms with van der Waals surface area (Å²) in [7, 11) is 0. The lowest BCUT2D eigenvalue weighted by Crippen LogP contribution is -2.36. The van der Waals surface area contributed by atoms with Crippen LogP contribution in [-0.2, 0) is 6.54 Å². The normalized spacial score (nSPS) is 12.2. The van der Waals surface area contributed by atoms with E-state index in [1.54, 1.807) is 0 Å². The van der Waals surface area contributed by atoms with Gasteiger partial charge in [0.05, 0.1) is 10.5 Å². The minimum absolute atomic E-state index is 0.191. The van der Waals surface area contributed by atoms with Crippen molar-refractivity contribution in [1.82, 2.24) is 9.88 Å². The quantitative estimate of drug-likeness (QED) is 0.824. The van der Waals surface area contributed by atoms with Gasteiger partial charge < -0.3 is 9.88 Å². The maximum Gasteiger partial charge on any atom is 0.0669 e. The van der Waals surface area contributed by atoms with Crippen molar-refractivity contribution in [2.45, 2.75) is 39.3 Å². The number of para-hydroxylation sites is 1. The van der Waals surface area contributed by atoms with E-state index in [4.69, 9.17) is 11.6 Å². The molecule has 1 aromatic carbocycles. The summed E-state index contributed by atoms with van der Waals surface area (Å²) in [5.74, 6) is 0. The van der Waals surface area contributed by atoms with E-state index < -0.39 is 0 Å². The van der Waals surface area contributed by atoms with E-state index in [9.17, 15) is 0 Å². The Morgan fingerprint density at radius 2 is 2.00 bits per heavy atom. The van der Waals surface area contributed by atoms with Gasteiger partial charge in [0, 0.05) is 23.7 Å². The first kappa shape index (κ1) is 13.4. The highest BCUT2D eigenvalue weighted by atomic mass is 35.5. The molecule has 0 atom stereocenters. The molecule has 0 radical (unpaired) electrons. The van der Waals surface area contributed by atoms with Crippen LogP contribution in [0.25, 0.3) is 10.9 Å². The lowest BCUT2D eigenvalue weighted by molar-refractivity contribution is 0.414. The molecule has 1 aromatic heterocycles. The molecule has 0 saturated heterocycles. The second-order valence-electron chi connectivity index (χ2n) is 5.72. The second kappa shape index (κ2) is 5.33. The smallest absolute Gasteiger partial charge is 0.0669 e. The Balaban J connectivity index is 2.00. The van der Waals surface area contributed by atoms with E-state index in [2.05, 4.69) is 49.0 Å². The first-order valence-corrected chi connectivity index (χ1v) is 6.83. The Hall–Kier alpha value is -0.990. The third kappa shape index (κ3) is 3.27. The summed E-state index contributed by atoms with van der Waals surface area (Å²) >= 11 is 6.25. The number of fused-ring (bicyclic) bond motifs is 1. The lowest BCUT2D eigenvalue weighted by atomic mass is 10.1. The molecule has 3 heteroatoms. The van der Waals surface area contributed by atoms with Crippen molar-refractivity contribution in [1.29, 1.82) is 0 Å². The molecule has 0 aliphatic rings. The molecular formula is C15H21ClN2. The first-order chi connectivity index (χ1) is 8.47. The van der Waals surface area contributed by atoms with Crippen LogP contribution in [0.1, 0.15) is 27.2 Å². The van der Waals surface area contributed by atoms with Crippen LogP contribution in [0.5, 0.6) is 0 Å². The van der Waals surface area contributed by atoms with Gasteiger partial charge in [-0.1, -0.05) is 23.7 Å². The number of hydrogen-bond donors (Lipinski definition) is 1. The van der Waals surface area contributed by atoms with Crippen LogP contribution in [-0.4, -0.2) is 16.7 Å². The molecule has 0 aliphatic heterocycles.